The number of hydrogen-bond donors (Lipinski definition) is 1. The normalized spacial score (nSPS) is 32.6. The zero-order chi connectivity index (χ0) is 14.5. The number of benzene rings is 1. The van der Waals surface area contributed by atoms with E-state index in [0.29, 0.717) is 12.0 Å². The highest BCUT2D eigenvalue weighted by Crippen LogP contribution is 2.40. The Kier molecular flexibility index (Phi) is 2.95. The molecule has 3 rings (SSSR count). The molecule has 1 saturated heterocycles. The quantitative estimate of drug-likeness (QED) is 0.807. The van der Waals surface area contributed by atoms with Crippen LogP contribution in [-0.4, -0.2) is 24.9 Å². The van der Waals surface area contributed by atoms with Gasteiger partial charge in [-0.2, -0.15) is 0 Å². The third-order valence-corrected chi connectivity index (χ3v) is 3.51. The van der Waals surface area contributed by atoms with Crippen molar-refractivity contribution in [3.05, 3.63) is 29.3 Å². The first kappa shape index (κ1) is 13.6. The number of morpholine rings is 1. The smallest absolute Gasteiger partial charge is 0.406 e. The molecule has 1 N–H and O–H groups in total. The van der Waals surface area contributed by atoms with Gasteiger partial charge in [-0.1, -0.05) is 6.07 Å². The van der Waals surface area contributed by atoms with Crippen LogP contribution in [0.15, 0.2) is 18.2 Å². The van der Waals surface area contributed by atoms with Gasteiger partial charge in [0.15, 0.2) is 0 Å². The summed E-state index contributed by atoms with van der Waals surface area (Å²) in [6, 6.07) is 3.98. The Labute approximate surface area is 112 Å². The van der Waals surface area contributed by atoms with Crippen molar-refractivity contribution in [1.82, 2.24) is 5.32 Å². The highest BCUT2D eigenvalue weighted by molar-refractivity contribution is 5.42. The fourth-order valence-corrected chi connectivity index (χ4v) is 2.79. The average Bonchev–Trinajstić information content (AvgIpc) is 2.61. The molecule has 0 bridgehead atoms. The van der Waals surface area contributed by atoms with Gasteiger partial charge in [-0.05, 0) is 30.2 Å². The van der Waals surface area contributed by atoms with E-state index in [1.165, 1.54) is 19.1 Å². The molecule has 1 heterocycles. The van der Waals surface area contributed by atoms with Crippen LogP contribution in [0.4, 0.5) is 17.6 Å². The highest BCUT2D eigenvalue weighted by Gasteiger charge is 2.43. The lowest BCUT2D eigenvalue weighted by Gasteiger charge is -2.36. The maximum absolute atomic E-state index is 13.8. The molecule has 0 radical (unpaired) electrons. The zero-order valence-electron chi connectivity index (χ0n) is 10.6. The van der Waals surface area contributed by atoms with Crippen LogP contribution in [0.1, 0.15) is 24.1 Å². The molecule has 0 aromatic heterocycles. The Bertz CT molecular complexity index is 530. The van der Waals surface area contributed by atoms with Crippen molar-refractivity contribution in [3.8, 4) is 5.75 Å². The minimum atomic E-state index is -4.72. The predicted octanol–water partition coefficient (Wildman–Crippen LogP) is 2.86. The van der Waals surface area contributed by atoms with Crippen molar-refractivity contribution in [2.75, 3.05) is 6.54 Å². The van der Waals surface area contributed by atoms with Gasteiger partial charge in [-0.3, -0.25) is 0 Å². The maximum atomic E-state index is 13.8. The van der Waals surface area contributed by atoms with Gasteiger partial charge in [0, 0.05) is 6.42 Å². The summed E-state index contributed by atoms with van der Waals surface area (Å²) in [4.78, 5) is 0. The van der Waals surface area contributed by atoms with Crippen LogP contribution in [0.5, 0.6) is 5.75 Å². The number of fused-ring (bicyclic) bond motifs is 3. The van der Waals surface area contributed by atoms with Gasteiger partial charge in [0.2, 0.25) is 5.85 Å². The molecule has 20 heavy (non-hydrogen) atoms. The van der Waals surface area contributed by atoms with Crippen molar-refractivity contribution < 1.29 is 27.0 Å². The van der Waals surface area contributed by atoms with Crippen molar-refractivity contribution >= 4 is 0 Å². The summed E-state index contributed by atoms with van der Waals surface area (Å²) in [6.07, 6.45) is -4.76. The van der Waals surface area contributed by atoms with Crippen LogP contribution in [0.2, 0.25) is 0 Å². The summed E-state index contributed by atoms with van der Waals surface area (Å²) in [6.45, 7) is 1.38. The van der Waals surface area contributed by atoms with Crippen molar-refractivity contribution in [3.63, 3.8) is 0 Å². The predicted molar refractivity (Wildman–Crippen MR) is 62.0 cm³/mol. The molecule has 1 aliphatic heterocycles. The second-order valence-electron chi connectivity index (χ2n) is 5.23. The van der Waals surface area contributed by atoms with Crippen molar-refractivity contribution in [2.45, 2.75) is 37.7 Å². The molecule has 110 valence electrons. The van der Waals surface area contributed by atoms with Crippen LogP contribution >= 0.6 is 0 Å². The standard InChI is InChI=1S/C13H13F4NO2/c1-12(14)6-18-11-9-3-2-8(19-13(15,16)17)4-7(9)5-10(11)20-12/h2-4,10-11,18H,5-6H2,1H3. The summed E-state index contributed by atoms with van der Waals surface area (Å²) in [5.74, 6) is -2.02. The van der Waals surface area contributed by atoms with E-state index < -0.39 is 18.3 Å². The van der Waals surface area contributed by atoms with Crippen molar-refractivity contribution in [1.29, 1.82) is 0 Å². The molecular formula is C13H13F4NO2. The Hall–Kier alpha value is -1.34. The molecule has 7 heteroatoms. The summed E-state index contributed by atoms with van der Waals surface area (Å²) in [5, 5.41) is 3.03. The molecule has 0 saturated carbocycles. The fraction of sp³-hybridized carbons (Fsp3) is 0.538. The lowest BCUT2D eigenvalue weighted by molar-refractivity contribution is -0.274. The molecular weight excluding hydrogens is 278 g/mol. The van der Waals surface area contributed by atoms with E-state index in [0.717, 1.165) is 5.56 Å². The largest absolute Gasteiger partial charge is 0.573 e. The van der Waals surface area contributed by atoms with E-state index >= 15 is 0 Å². The average molecular weight is 291 g/mol. The molecule has 1 fully saturated rings. The highest BCUT2D eigenvalue weighted by atomic mass is 19.4. The van der Waals surface area contributed by atoms with Crippen LogP contribution in [0.3, 0.4) is 0 Å². The second kappa shape index (κ2) is 4.33. The first-order chi connectivity index (χ1) is 9.23. The molecule has 2 aliphatic rings. The Morgan fingerprint density at radius 1 is 1.40 bits per heavy atom. The fourth-order valence-electron chi connectivity index (χ4n) is 2.79. The Morgan fingerprint density at radius 2 is 2.15 bits per heavy atom. The number of rotatable bonds is 1. The monoisotopic (exact) mass is 291 g/mol. The molecule has 3 atom stereocenters. The van der Waals surface area contributed by atoms with Crippen LogP contribution in [0.25, 0.3) is 0 Å². The molecule has 1 aromatic rings. The molecule has 3 nitrogen and oxygen atoms in total. The van der Waals surface area contributed by atoms with Gasteiger partial charge in [0.25, 0.3) is 0 Å². The van der Waals surface area contributed by atoms with Crippen LogP contribution < -0.4 is 10.1 Å². The number of ether oxygens (including phenoxy) is 2. The molecule has 1 aromatic carbocycles. The van der Waals surface area contributed by atoms with Gasteiger partial charge in [0.05, 0.1) is 18.7 Å². The summed E-state index contributed by atoms with van der Waals surface area (Å²) < 4.78 is 59.5. The Balaban J connectivity index is 1.83. The molecule has 0 amide bonds. The van der Waals surface area contributed by atoms with E-state index in [9.17, 15) is 17.6 Å². The molecule has 0 spiro atoms. The van der Waals surface area contributed by atoms with E-state index in [-0.39, 0.29) is 18.3 Å². The number of halogens is 4. The molecule has 1 aliphatic carbocycles. The number of hydrogen-bond acceptors (Lipinski definition) is 3. The van der Waals surface area contributed by atoms with Gasteiger partial charge >= 0.3 is 6.36 Å². The van der Waals surface area contributed by atoms with Crippen LogP contribution in [0, 0.1) is 0 Å². The van der Waals surface area contributed by atoms with E-state index in [1.54, 1.807) is 6.07 Å². The first-order valence-corrected chi connectivity index (χ1v) is 6.22. The summed E-state index contributed by atoms with van der Waals surface area (Å²) in [5.41, 5.74) is 1.52. The minimum absolute atomic E-state index is 0.0500. The van der Waals surface area contributed by atoms with Gasteiger partial charge in [-0.15, -0.1) is 13.2 Å². The molecule has 3 unspecified atom stereocenters. The lowest BCUT2D eigenvalue weighted by atomic mass is 10.1. The van der Waals surface area contributed by atoms with Crippen molar-refractivity contribution in [2.24, 2.45) is 0 Å². The first-order valence-electron chi connectivity index (χ1n) is 6.22. The van der Waals surface area contributed by atoms with Crippen LogP contribution in [-0.2, 0) is 11.2 Å². The van der Waals surface area contributed by atoms with E-state index in [2.05, 4.69) is 10.1 Å². The summed E-state index contributed by atoms with van der Waals surface area (Å²) >= 11 is 0. The zero-order valence-corrected chi connectivity index (χ0v) is 10.6. The lowest BCUT2D eigenvalue weighted by Crippen LogP contribution is -2.50. The topological polar surface area (TPSA) is 30.5 Å². The maximum Gasteiger partial charge on any atom is 0.573 e. The minimum Gasteiger partial charge on any atom is -0.406 e. The third-order valence-electron chi connectivity index (χ3n) is 3.51. The van der Waals surface area contributed by atoms with Gasteiger partial charge < -0.3 is 14.8 Å². The Morgan fingerprint density at radius 3 is 2.85 bits per heavy atom. The SMILES string of the molecule is CC1(F)CNC2c3ccc(OC(F)(F)F)cc3CC2O1. The second-order valence-corrected chi connectivity index (χ2v) is 5.23. The van der Waals surface area contributed by atoms with Gasteiger partial charge in [0.1, 0.15) is 5.75 Å². The number of nitrogens with one attached hydrogen (secondary N) is 1. The number of alkyl halides is 4. The summed E-state index contributed by atoms with van der Waals surface area (Å²) in [7, 11) is 0. The van der Waals surface area contributed by atoms with E-state index in [1.807, 2.05) is 0 Å². The third kappa shape index (κ3) is 2.60. The van der Waals surface area contributed by atoms with Gasteiger partial charge in [-0.25, -0.2) is 4.39 Å². The van der Waals surface area contributed by atoms with E-state index in [4.69, 9.17) is 4.74 Å².